The molecule has 1 aliphatic carbocycles. The van der Waals surface area contributed by atoms with E-state index in [2.05, 4.69) is 13.8 Å². The zero-order valence-corrected chi connectivity index (χ0v) is 13.7. The zero-order valence-electron chi connectivity index (χ0n) is 13.7. The smallest absolute Gasteiger partial charge is 0.217 e. The highest BCUT2D eigenvalue weighted by Gasteiger charge is 2.51. The van der Waals surface area contributed by atoms with Crippen LogP contribution >= 0.6 is 0 Å². The molecule has 2 aliphatic rings. The van der Waals surface area contributed by atoms with Gasteiger partial charge in [0, 0.05) is 5.57 Å². The highest BCUT2D eigenvalue weighted by atomic mass is 16.5. The quantitative estimate of drug-likeness (QED) is 0.786. The summed E-state index contributed by atoms with van der Waals surface area (Å²) in [5, 5.41) is 0. The van der Waals surface area contributed by atoms with Crippen molar-refractivity contribution >= 4 is 17.6 Å². The molecule has 0 aromatic carbocycles. The van der Waals surface area contributed by atoms with E-state index >= 15 is 0 Å². The molecular formula is C16H24N2O3. The van der Waals surface area contributed by atoms with Gasteiger partial charge in [-0.3, -0.25) is 4.79 Å². The summed E-state index contributed by atoms with van der Waals surface area (Å²) < 4.78 is 11.0. The molecule has 1 spiro atoms. The van der Waals surface area contributed by atoms with Crippen molar-refractivity contribution in [2.45, 2.75) is 52.1 Å². The topological polar surface area (TPSA) is 60.2 Å². The first-order chi connectivity index (χ1) is 9.87. The average molecular weight is 292 g/mol. The van der Waals surface area contributed by atoms with Crippen molar-refractivity contribution < 1.29 is 14.3 Å². The highest BCUT2D eigenvalue weighted by Crippen LogP contribution is 2.43. The lowest BCUT2D eigenvalue weighted by Gasteiger charge is -2.34. The Hall–Kier alpha value is -1.65. The second kappa shape index (κ2) is 5.62. The average Bonchev–Trinajstić information content (AvgIpc) is 2.75. The Morgan fingerprint density at radius 3 is 2.48 bits per heavy atom. The monoisotopic (exact) mass is 292 g/mol. The second-order valence-electron chi connectivity index (χ2n) is 6.05. The predicted molar refractivity (Wildman–Crippen MR) is 82.9 cm³/mol. The molecule has 0 saturated heterocycles. The molecule has 1 heterocycles. The van der Waals surface area contributed by atoms with Crippen LogP contribution in [0.25, 0.3) is 0 Å². The molecule has 0 aromatic heterocycles. The SMILES string of the molecule is COC1=N[C@]2(CCC(C)=C2C(C)=O)C(OC)=N[C@@H]1C(C)C. The molecule has 1 aliphatic heterocycles. The van der Waals surface area contributed by atoms with Gasteiger partial charge in [-0.05, 0) is 32.6 Å². The highest BCUT2D eigenvalue weighted by molar-refractivity contribution is 6.09. The van der Waals surface area contributed by atoms with Crippen LogP contribution in [0.4, 0.5) is 0 Å². The molecule has 0 aromatic rings. The van der Waals surface area contributed by atoms with E-state index < -0.39 is 5.54 Å². The van der Waals surface area contributed by atoms with E-state index in [1.807, 2.05) is 6.92 Å². The lowest BCUT2D eigenvalue weighted by Crippen LogP contribution is -2.47. The van der Waals surface area contributed by atoms with Gasteiger partial charge in [0.05, 0.1) is 14.2 Å². The van der Waals surface area contributed by atoms with Gasteiger partial charge in [0.15, 0.2) is 11.3 Å². The number of methoxy groups -OCH3 is 2. The molecular weight excluding hydrogens is 268 g/mol. The van der Waals surface area contributed by atoms with Crippen molar-refractivity contribution in [2.24, 2.45) is 15.9 Å². The molecule has 116 valence electrons. The van der Waals surface area contributed by atoms with Gasteiger partial charge in [-0.25, -0.2) is 9.98 Å². The maximum absolute atomic E-state index is 12.1. The molecule has 0 N–H and O–H groups in total. The van der Waals surface area contributed by atoms with Gasteiger partial charge >= 0.3 is 0 Å². The van der Waals surface area contributed by atoms with Crippen molar-refractivity contribution in [2.75, 3.05) is 14.2 Å². The van der Waals surface area contributed by atoms with Gasteiger partial charge in [0.1, 0.15) is 6.04 Å². The standard InChI is InChI=1S/C16H24N2O3/c1-9(2)13-14(20-5)18-16(15(17-13)21-6)8-7-10(3)12(16)11(4)19/h9,13H,7-8H2,1-6H3/t13-,16+/m1/s1. The Kier molecular flexibility index (Phi) is 4.21. The van der Waals surface area contributed by atoms with Crippen molar-refractivity contribution in [3.63, 3.8) is 0 Å². The maximum atomic E-state index is 12.1. The van der Waals surface area contributed by atoms with Crippen LogP contribution in [-0.2, 0) is 14.3 Å². The minimum Gasteiger partial charge on any atom is -0.483 e. The molecule has 21 heavy (non-hydrogen) atoms. The van der Waals surface area contributed by atoms with Crippen molar-refractivity contribution in [3.8, 4) is 0 Å². The summed E-state index contributed by atoms with van der Waals surface area (Å²) in [6.07, 6.45) is 1.53. The number of Topliss-reactive ketones (excluding diaryl/α,β-unsaturated/α-hetero) is 1. The molecule has 0 fully saturated rings. The lowest BCUT2D eigenvalue weighted by molar-refractivity contribution is -0.114. The normalized spacial score (nSPS) is 28.8. The molecule has 5 nitrogen and oxygen atoms in total. The fraction of sp³-hybridized carbons (Fsp3) is 0.688. The van der Waals surface area contributed by atoms with Crippen LogP contribution < -0.4 is 0 Å². The van der Waals surface area contributed by atoms with Crippen molar-refractivity contribution in [1.29, 1.82) is 0 Å². The molecule has 0 saturated carbocycles. The fourth-order valence-corrected chi connectivity index (χ4v) is 3.30. The van der Waals surface area contributed by atoms with Crippen LogP contribution in [0.2, 0.25) is 0 Å². The summed E-state index contributed by atoms with van der Waals surface area (Å²) >= 11 is 0. The number of allylic oxidation sites excluding steroid dienone is 1. The zero-order chi connectivity index (χ0) is 15.8. The van der Waals surface area contributed by atoms with Gasteiger partial charge < -0.3 is 9.47 Å². The van der Waals surface area contributed by atoms with E-state index in [-0.39, 0.29) is 17.7 Å². The van der Waals surface area contributed by atoms with E-state index in [4.69, 9.17) is 19.5 Å². The number of carbonyl (C=O) groups excluding carboxylic acids is 1. The van der Waals surface area contributed by atoms with Crippen LogP contribution in [0.15, 0.2) is 21.1 Å². The van der Waals surface area contributed by atoms with E-state index in [9.17, 15) is 4.79 Å². The first-order valence-corrected chi connectivity index (χ1v) is 7.34. The molecule has 5 heteroatoms. The number of ketones is 1. The third-order valence-corrected chi connectivity index (χ3v) is 4.25. The maximum Gasteiger partial charge on any atom is 0.217 e. The molecule has 2 atom stereocenters. The second-order valence-corrected chi connectivity index (χ2v) is 6.05. The lowest BCUT2D eigenvalue weighted by atomic mass is 9.86. The number of nitrogens with zero attached hydrogens (tertiary/aromatic N) is 2. The Balaban J connectivity index is 2.60. The van der Waals surface area contributed by atoms with Crippen LogP contribution in [0.3, 0.4) is 0 Å². The van der Waals surface area contributed by atoms with Crippen LogP contribution in [0, 0.1) is 5.92 Å². The largest absolute Gasteiger partial charge is 0.483 e. The number of rotatable bonds is 2. The van der Waals surface area contributed by atoms with Crippen LogP contribution in [0.5, 0.6) is 0 Å². The van der Waals surface area contributed by atoms with Crippen molar-refractivity contribution in [1.82, 2.24) is 0 Å². The Bertz CT molecular complexity index is 546. The summed E-state index contributed by atoms with van der Waals surface area (Å²) in [6, 6.07) is -0.162. The number of ether oxygens (including phenoxy) is 2. The first-order valence-electron chi connectivity index (χ1n) is 7.34. The number of hydrogen-bond acceptors (Lipinski definition) is 5. The Morgan fingerprint density at radius 1 is 1.33 bits per heavy atom. The number of carbonyl (C=O) groups is 1. The summed E-state index contributed by atoms with van der Waals surface area (Å²) in [5.74, 6) is 1.39. The van der Waals surface area contributed by atoms with Gasteiger partial charge in [-0.1, -0.05) is 19.4 Å². The molecule has 0 radical (unpaired) electrons. The fourth-order valence-electron chi connectivity index (χ4n) is 3.30. The molecule has 0 amide bonds. The van der Waals surface area contributed by atoms with Crippen molar-refractivity contribution in [3.05, 3.63) is 11.1 Å². The molecule has 0 unspecified atom stereocenters. The minimum absolute atomic E-state index is 0.0250. The van der Waals surface area contributed by atoms with Gasteiger partial charge in [0.2, 0.25) is 11.8 Å². The number of hydrogen-bond donors (Lipinski definition) is 0. The molecule has 0 bridgehead atoms. The Morgan fingerprint density at radius 2 is 2.00 bits per heavy atom. The summed E-state index contributed by atoms with van der Waals surface area (Å²) in [5.41, 5.74) is 0.982. The van der Waals surface area contributed by atoms with Gasteiger partial charge in [-0.15, -0.1) is 0 Å². The minimum atomic E-state index is -0.790. The first kappa shape index (κ1) is 15.7. The Labute approximate surface area is 126 Å². The van der Waals surface area contributed by atoms with E-state index in [1.165, 1.54) is 0 Å². The summed E-state index contributed by atoms with van der Waals surface area (Å²) in [7, 11) is 3.20. The van der Waals surface area contributed by atoms with Crippen LogP contribution in [0.1, 0.15) is 40.5 Å². The van der Waals surface area contributed by atoms with E-state index in [0.29, 0.717) is 23.8 Å². The van der Waals surface area contributed by atoms with E-state index in [0.717, 1.165) is 12.0 Å². The van der Waals surface area contributed by atoms with Crippen LogP contribution in [-0.4, -0.2) is 43.4 Å². The molecule has 2 rings (SSSR count). The predicted octanol–water partition coefficient (Wildman–Crippen LogP) is 2.55. The third-order valence-electron chi connectivity index (χ3n) is 4.25. The summed E-state index contributed by atoms with van der Waals surface area (Å²) in [4.78, 5) is 21.6. The van der Waals surface area contributed by atoms with Gasteiger partial charge in [0.25, 0.3) is 0 Å². The van der Waals surface area contributed by atoms with Gasteiger partial charge in [-0.2, -0.15) is 0 Å². The third kappa shape index (κ3) is 2.39. The summed E-state index contributed by atoms with van der Waals surface area (Å²) in [6.45, 7) is 7.69. The number of aliphatic imine (C=N–C) groups is 2. The van der Waals surface area contributed by atoms with E-state index in [1.54, 1.807) is 21.1 Å².